The molecule has 2 heterocycles. The molecular formula is C14H16BrN3O2. The second kappa shape index (κ2) is 6.03. The lowest BCUT2D eigenvalue weighted by atomic mass is 10.1. The Kier molecular flexibility index (Phi) is 4.14. The molecule has 0 bridgehead atoms. The molecule has 0 spiro atoms. The van der Waals surface area contributed by atoms with E-state index in [0.717, 1.165) is 35.3 Å². The van der Waals surface area contributed by atoms with Crippen molar-refractivity contribution >= 4 is 15.9 Å². The Morgan fingerprint density at radius 2 is 2.35 bits per heavy atom. The molecule has 106 valence electrons. The molecule has 1 N–H and O–H groups in total. The van der Waals surface area contributed by atoms with E-state index in [1.165, 1.54) is 0 Å². The fraction of sp³-hybridized carbons (Fsp3) is 0.429. The van der Waals surface area contributed by atoms with E-state index in [9.17, 15) is 0 Å². The van der Waals surface area contributed by atoms with E-state index >= 15 is 0 Å². The van der Waals surface area contributed by atoms with Crippen molar-refractivity contribution in [3.63, 3.8) is 0 Å². The molecule has 1 saturated heterocycles. The smallest absolute Gasteiger partial charge is 0.229 e. The van der Waals surface area contributed by atoms with Crippen LogP contribution in [-0.2, 0) is 11.2 Å². The summed E-state index contributed by atoms with van der Waals surface area (Å²) in [6.07, 6.45) is 0.762. The Morgan fingerprint density at radius 3 is 3.10 bits per heavy atom. The van der Waals surface area contributed by atoms with Crippen molar-refractivity contribution in [2.45, 2.75) is 19.4 Å². The molecule has 1 aliphatic heterocycles. The summed E-state index contributed by atoms with van der Waals surface area (Å²) in [7, 11) is 0. The summed E-state index contributed by atoms with van der Waals surface area (Å²) in [6.45, 7) is 4.50. The van der Waals surface area contributed by atoms with E-state index in [1.54, 1.807) is 0 Å². The summed E-state index contributed by atoms with van der Waals surface area (Å²) >= 11 is 3.45. The molecule has 1 aliphatic rings. The first-order valence-electron chi connectivity index (χ1n) is 6.64. The summed E-state index contributed by atoms with van der Waals surface area (Å²) < 4.78 is 12.0. The largest absolute Gasteiger partial charge is 0.375 e. The molecule has 0 aliphatic carbocycles. The molecule has 5 nitrogen and oxygen atoms in total. The maximum atomic E-state index is 5.64. The molecule has 20 heavy (non-hydrogen) atoms. The summed E-state index contributed by atoms with van der Waals surface area (Å²) in [6, 6.07) is 6.01. The second-order valence-electron chi connectivity index (χ2n) is 4.87. The number of aromatic nitrogens is 2. The van der Waals surface area contributed by atoms with Gasteiger partial charge < -0.3 is 14.6 Å². The molecule has 1 fully saturated rings. The lowest BCUT2D eigenvalue weighted by Crippen LogP contribution is -2.39. The maximum absolute atomic E-state index is 5.64. The minimum atomic E-state index is 0.114. The van der Waals surface area contributed by atoms with Crippen molar-refractivity contribution in [1.82, 2.24) is 15.5 Å². The van der Waals surface area contributed by atoms with E-state index in [0.29, 0.717) is 18.1 Å². The van der Waals surface area contributed by atoms with Crippen molar-refractivity contribution in [3.8, 4) is 11.4 Å². The molecule has 6 heteroatoms. The SMILES string of the molecule is Cc1cc(Br)ccc1-c1noc(CC2CNCCO2)n1. The zero-order chi connectivity index (χ0) is 13.9. The number of aryl methyl sites for hydroxylation is 1. The predicted molar refractivity (Wildman–Crippen MR) is 78.5 cm³/mol. The highest BCUT2D eigenvalue weighted by Gasteiger charge is 2.18. The van der Waals surface area contributed by atoms with E-state index < -0.39 is 0 Å². The molecule has 0 radical (unpaired) electrons. The predicted octanol–water partition coefficient (Wildman–Crippen LogP) is 2.34. The van der Waals surface area contributed by atoms with Crippen LogP contribution in [0.5, 0.6) is 0 Å². The number of ether oxygens (including phenoxy) is 1. The van der Waals surface area contributed by atoms with E-state index in [4.69, 9.17) is 9.26 Å². The lowest BCUT2D eigenvalue weighted by Gasteiger charge is -2.21. The third-order valence-corrected chi connectivity index (χ3v) is 3.80. The fourth-order valence-electron chi connectivity index (χ4n) is 2.27. The van der Waals surface area contributed by atoms with Gasteiger partial charge in [0, 0.05) is 23.1 Å². The van der Waals surface area contributed by atoms with Crippen LogP contribution in [0.3, 0.4) is 0 Å². The van der Waals surface area contributed by atoms with Crippen molar-refractivity contribution in [1.29, 1.82) is 0 Å². The van der Waals surface area contributed by atoms with Gasteiger partial charge >= 0.3 is 0 Å². The molecular weight excluding hydrogens is 322 g/mol. The minimum Gasteiger partial charge on any atom is -0.375 e. The average Bonchev–Trinajstić information content (AvgIpc) is 2.88. The molecule has 0 saturated carbocycles. The Bertz CT molecular complexity index is 594. The van der Waals surface area contributed by atoms with E-state index in [1.807, 2.05) is 25.1 Å². The van der Waals surface area contributed by atoms with E-state index in [-0.39, 0.29) is 6.10 Å². The molecule has 3 rings (SSSR count). The topological polar surface area (TPSA) is 60.2 Å². The van der Waals surface area contributed by atoms with Crippen LogP contribution in [0.15, 0.2) is 27.2 Å². The Hall–Kier alpha value is -1.24. The number of nitrogens with zero attached hydrogens (tertiary/aromatic N) is 2. The third-order valence-electron chi connectivity index (χ3n) is 3.30. The van der Waals surface area contributed by atoms with Gasteiger partial charge in [0.1, 0.15) is 0 Å². The van der Waals surface area contributed by atoms with Gasteiger partial charge in [-0.15, -0.1) is 0 Å². The number of morpholine rings is 1. The summed E-state index contributed by atoms with van der Waals surface area (Å²) in [5, 5.41) is 7.35. The van der Waals surface area contributed by atoms with Crippen LogP contribution < -0.4 is 5.32 Å². The second-order valence-corrected chi connectivity index (χ2v) is 5.79. The van der Waals surface area contributed by atoms with Gasteiger partial charge in [-0.1, -0.05) is 21.1 Å². The first kappa shape index (κ1) is 13.7. The summed E-state index contributed by atoms with van der Waals surface area (Å²) in [5.74, 6) is 1.25. The minimum absolute atomic E-state index is 0.114. The Balaban J connectivity index is 1.75. The zero-order valence-corrected chi connectivity index (χ0v) is 12.8. The van der Waals surface area contributed by atoms with Gasteiger partial charge in [-0.3, -0.25) is 0 Å². The highest BCUT2D eigenvalue weighted by molar-refractivity contribution is 9.10. The third kappa shape index (κ3) is 3.08. The lowest BCUT2D eigenvalue weighted by molar-refractivity contribution is 0.0246. The number of benzene rings is 1. The highest BCUT2D eigenvalue weighted by Crippen LogP contribution is 2.24. The quantitative estimate of drug-likeness (QED) is 0.931. The van der Waals surface area contributed by atoms with Gasteiger partial charge in [-0.25, -0.2) is 0 Å². The summed E-state index contributed by atoms with van der Waals surface area (Å²) in [4.78, 5) is 4.46. The van der Waals surface area contributed by atoms with Crippen LogP contribution in [0.25, 0.3) is 11.4 Å². The van der Waals surface area contributed by atoms with Gasteiger partial charge in [-0.05, 0) is 30.7 Å². The zero-order valence-electron chi connectivity index (χ0n) is 11.2. The molecule has 1 aromatic heterocycles. The molecule has 0 amide bonds. The molecule has 1 unspecified atom stereocenters. The normalized spacial score (nSPS) is 19.2. The molecule has 2 aromatic rings. The molecule has 1 atom stereocenters. The van der Waals surface area contributed by atoms with Crippen LogP contribution in [0, 0.1) is 6.92 Å². The molecule has 1 aromatic carbocycles. The average molecular weight is 338 g/mol. The summed E-state index contributed by atoms with van der Waals surface area (Å²) in [5.41, 5.74) is 2.10. The van der Waals surface area contributed by atoms with E-state index in [2.05, 4.69) is 31.4 Å². The number of halogens is 1. The van der Waals surface area contributed by atoms with Crippen molar-refractivity contribution in [2.24, 2.45) is 0 Å². The van der Waals surface area contributed by atoms with Gasteiger partial charge in [0.25, 0.3) is 0 Å². The Labute approximate surface area is 125 Å². The first-order valence-corrected chi connectivity index (χ1v) is 7.43. The van der Waals surface area contributed by atoms with Crippen LogP contribution in [-0.4, -0.2) is 35.9 Å². The van der Waals surface area contributed by atoms with Gasteiger partial charge in [0.05, 0.1) is 19.1 Å². The van der Waals surface area contributed by atoms with Crippen molar-refractivity contribution in [2.75, 3.05) is 19.7 Å². The van der Waals surface area contributed by atoms with Crippen molar-refractivity contribution < 1.29 is 9.26 Å². The van der Waals surface area contributed by atoms with Crippen molar-refractivity contribution in [3.05, 3.63) is 34.1 Å². The van der Waals surface area contributed by atoms with Crippen LogP contribution in [0.1, 0.15) is 11.5 Å². The van der Waals surface area contributed by atoms with Crippen LogP contribution >= 0.6 is 15.9 Å². The maximum Gasteiger partial charge on any atom is 0.229 e. The van der Waals surface area contributed by atoms with Crippen LogP contribution in [0.2, 0.25) is 0 Å². The number of nitrogens with one attached hydrogen (secondary N) is 1. The monoisotopic (exact) mass is 337 g/mol. The van der Waals surface area contributed by atoms with Gasteiger partial charge in [-0.2, -0.15) is 4.98 Å². The Morgan fingerprint density at radius 1 is 1.45 bits per heavy atom. The highest BCUT2D eigenvalue weighted by atomic mass is 79.9. The number of hydrogen-bond donors (Lipinski definition) is 1. The van der Waals surface area contributed by atoms with Crippen LogP contribution in [0.4, 0.5) is 0 Å². The number of hydrogen-bond acceptors (Lipinski definition) is 5. The first-order chi connectivity index (χ1) is 9.72. The van der Waals surface area contributed by atoms with Gasteiger partial charge in [0.15, 0.2) is 0 Å². The fourth-order valence-corrected chi connectivity index (χ4v) is 2.75. The number of rotatable bonds is 3. The standard InChI is InChI=1S/C14H16BrN3O2/c1-9-6-10(15)2-3-12(9)14-17-13(20-18-14)7-11-8-16-4-5-19-11/h2-3,6,11,16H,4-5,7-8H2,1H3. The van der Waals surface area contributed by atoms with Gasteiger partial charge in [0.2, 0.25) is 11.7 Å².